The lowest BCUT2D eigenvalue weighted by atomic mass is 10.1. The normalized spacial score (nSPS) is 21.3. The Labute approximate surface area is 136 Å². The molecule has 2 N–H and O–H groups in total. The average Bonchev–Trinajstić information content (AvgIpc) is 2.93. The smallest absolute Gasteiger partial charge is 0.225 e. The zero-order valence-electron chi connectivity index (χ0n) is 13.2. The molecule has 23 heavy (non-hydrogen) atoms. The van der Waals surface area contributed by atoms with Crippen molar-refractivity contribution in [3.63, 3.8) is 0 Å². The van der Waals surface area contributed by atoms with Gasteiger partial charge in [0.25, 0.3) is 0 Å². The van der Waals surface area contributed by atoms with E-state index in [-0.39, 0.29) is 12.1 Å². The molecule has 0 aliphatic carbocycles. The molecule has 6 nitrogen and oxygen atoms in total. The number of methoxy groups -OCH3 is 1. The van der Waals surface area contributed by atoms with Gasteiger partial charge in [-0.3, -0.25) is 4.90 Å². The highest BCUT2D eigenvalue weighted by atomic mass is 16.5. The van der Waals surface area contributed by atoms with Crippen LogP contribution in [-0.2, 0) is 6.54 Å². The molecule has 0 radical (unpaired) electrons. The summed E-state index contributed by atoms with van der Waals surface area (Å²) in [7, 11) is 1.58. The molecule has 1 aliphatic rings. The van der Waals surface area contributed by atoms with Gasteiger partial charge in [-0.05, 0) is 12.0 Å². The predicted octanol–water partition coefficient (Wildman–Crippen LogP) is 1.53. The minimum Gasteiger partial charge on any atom is -0.481 e. The number of rotatable bonds is 6. The maximum Gasteiger partial charge on any atom is 0.225 e. The van der Waals surface area contributed by atoms with Crippen LogP contribution in [0.4, 0.5) is 5.95 Å². The Balaban J connectivity index is 1.60. The number of aromatic nitrogens is 2. The van der Waals surface area contributed by atoms with Gasteiger partial charge in [0.05, 0.1) is 13.2 Å². The van der Waals surface area contributed by atoms with E-state index in [1.807, 2.05) is 18.2 Å². The first-order chi connectivity index (χ1) is 11.2. The fourth-order valence-corrected chi connectivity index (χ4v) is 2.93. The van der Waals surface area contributed by atoms with Crippen LogP contribution in [-0.4, -0.2) is 52.3 Å². The Morgan fingerprint density at radius 2 is 2.13 bits per heavy atom. The van der Waals surface area contributed by atoms with Crippen LogP contribution in [0.1, 0.15) is 12.0 Å². The Hall–Kier alpha value is -2.18. The lowest BCUT2D eigenvalue weighted by Gasteiger charge is -2.24. The summed E-state index contributed by atoms with van der Waals surface area (Å²) in [6, 6.07) is 12.3. The quantitative estimate of drug-likeness (QED) is 0.843. The zero-order chi connectivity index (χ0) is 16.1. The van der Waals surface area contributed by atoms with Crippen LogP contribution in [0.25, 0.3) is 0 Å². The van der Waals surface area contributed by atoms with E-state index < -0.39 is 0 Å². The lowest BCUT2D eigenvalue weighted by Crippen LogP contribution is -2.34. The minimum atomic E-state index is -0.281. The molecule has 1 saturated heterocycles. The van der Waals surface area contributed by atoms with Gasteiger partial charge in [0.15, 0.2) is 0 Å². The predicted molar refractivity (Wildman–Crippen MR) is 88.3 cm³/mol. The fraction of sp³-hybridized carbons (Fsp3) is 0.412. The number of nitrogens with one attached hydrogen (secondary N) is 1. The Morgan fingerprint density at radius 1 is 1.30 bits per heavy atom. The number of hydrogen-bond donors (Lipinski definition) is 2. The second kappa shape index (κ2) is 7.39. The Kier molecular flexibility index (Phi) is 5.05. The zero-order valence-corrected chi connectivity index (χ0v) is 13.2. The highest BCUT2D eigenvalue weighted by Gasteiger charge is 2.30. The number of aliphatic hydroxyl groups excluding tert-OH is 1. The molecular formula is C17H22N4O2. The number of β-amino-alcohol motifs (C(OH)–C–C–N with tert-alkyl or cyclic N) is 1. The van der Waals surface area contributed by atoms with Crippen molar-refractivity contribution in [1.82, 2.24) is 14.9 Å². The number of anilines is 1. The van der Waals surface area contributed by atoms with Crippen LogP contribution in [0.2, 0.25) is 0 Å². The van der Waals surface area contributed by atoms with Crippen molar-refractivity contribution in [3.05, 3.63) is 48.2 Å². The number of nitrogens with zero attached hydrogens (tertiary/aromatic N) is 3. The number of hydrogen-bond acceptors (Lipinski definition) is 6. The van der Waals surface area contributed by atoms with Crippen molar-refractivity contribution < 1.29 is 9.84 Å². The molecule has 1 aliphatic heterocycles. The Bertz CT molecular complexity index is 623. The highest BCUT2D eigenvalue weighted by Crippen LogP contribution is 2.21. The van der Waals surface area contributed by atoms with Gasteiger partial charge in [0, 0.05) is 37.9 Å². The van der Waals surface area contributed by atoms with Gasteiger partial charge in [-0.15, -0.1) is 0 Å². The van der Waals surface area contributed by atoms with Crippen LogP contribution in [0.3, 0.4) is 0 Å². The van der Waals surface area contributed by atoms with E-state index in [1.54, 1.807) is 19.4 Å². The maximum atomic E-state index is 10.0. The van der Waals surface area contributed by atoms with Gasteiger partial charge in [-0.2, -0.15) is 4.98 Å². The first-order valence-corrected chi connectivity index (χ1v) is 7.81. The van der Waals surface area contributed by atoms with Crippen LogP contribution in [0.5, 0.6) is 5.88 Å². The number of aliphatic hydroxyl groups is 1. The van der Waals surface area contributed by atoms with Crippen molar-refractivity contribution in [2.24, 2.45) is 0 Å². The van der Waals surface area contributed by atoms with Gasteiger partial charge in [0.1, 0.15) is 0 Å². The van der Waals surface area contributed by atoms with Gasteiger partial charge >= 0.3 is 0 Å². The maximum absolute atomic E-state index is 10.0. The van der Waals surface area contributed by atoms with Crippen molar-refractivity contribution in [2.75, 3.05) is 25.5 Å². The summed E-state index contributed by atoms with van der Waals surface area (Å²) in [5.74, 6) is 1.08. The SMILES string of the molecule is COc1ccnc(NC[C@H]2C[C@@H](O)CN2Cc2ccccc2)n1. The van der Waals surface area contributed by atoms with Crippen molar-refractivity contribution in [2.45, 2.75) is 25.1 Å². The minimum absolute atomic E-state index is 0.250. The molecule has 2 atom stereocenters. The molecule has 0 spiro atoms. The molecule has 0 amide bonds. The average molecular weight is 314 g/mol. The monoisotopic (exact) mass is 314 g/mol. The molecule has 1 fully saturated rings. The third-order valence-electron chi connectivity index (χ3n) is 4.07. The molecule has 3 rings (SSSR count). The number of likely N-dealkylation sites (tertiary alicyclic amines) is 1. The van der Waals surface area contributed by atoms with E-state index >= 15 is 0 Å². The van der Waals surface area contributed by atoms with Crippen LogP contribution >= 0.6 is 0 Å². The van der Waals surface area contributed by atoms with Crippen LogP contribution < -0.4 is 10.1 Å². The summed E-state index contributed by atoms with van der Waals surface area (Å²) in [5, 5.41) is 13.2. The highest BCUT2D eigenvalue weighted by molar-refractivity contribution is 5.28. The third-order valence-corrected chi connectivity index (χ3v) is 4.07. The molecule has 0 saturated carbocycles. The molecule has 6 heteroatoms. The fourth-order valence-electron chi connectivity index (χ4n) is 2.93. The molecule has 2 heterocycles. The summed E-state index contributed by atoms with van der Waals surface area (Å²) in [6.45, 7) is 2.22. The van der Waals surface area contributed by atoms with Crippen molar-refractivity contribution in [3.8, 4) is 5.88 Å². The summed E-state index contributed by atoms with van der Waals surface area (Å²) in [5.41, 5.74) is 1.25. The van der Waals surface area contributed by atoms with E-state index in [9.17, 15) is 5.11 Å². The summed E-state index contributed by atoms with van der Waals surface area (Å²) < 4.78 is 5.10. The standard InChI is InChI=1S/C17H22N4O2/c1-23-16-7-8-18-17(20-16)19-10-14-9-15(22)12-21(14)11-13-5-3-2-4-6-13/h2-8,14-15,22H,9-12H2,1H3,(H,18,19,20)/t14-,15-/m1/s1. The first-order valence-electron chi connectivity index (χ1n) is 7.81. The van der Waals surface area contributed by atoms with Gasteiger partial charge in [-0.25, -0.2) is 4.98 Å². The van der Waals surface area contributed by atoms with Crippen LogP contribution in [0, 0.1) is 0 Å². The lowest BCUT2D eigenvalue weighted by molar-refractivity contribution is 0.173. The molecule has 0 bridgehead atoms. The van der Waals surface area contributed by atoms with E-state index in [0.717, 1.165) is 13.0 Å². The molecule has 122 valence electrons. The van der Waals surface area contributed by atoms with E-state index in [4.69, 9.17) is 4.74 Å². The molecule has 1 aromatic heterocycles. The molecule has 1 aromatic carbocycles. The second-order valence-electron chi connectivity index (χ2n) is 5.76. The van der Waals surface area contributed by atoms with Crippen LogP contribution in [0.15, 0.2) is 42.6 Å². The summed E-state index contributed by atoms with van der Waals surface area (Å²) in [4.78, 5) is 10.7. The van der Waals surface area contributed by atoms with Crippen molar-refractivity contribution in [1.29, 1.82) is 0 Å². The summed E-state index contributed by atoms with van der Waals surface area (Å²) in [6.07, 6.45) is 2.14. The van der Waals surface area contributed by atoms with Gasteiger partial charge in [-0.1, -0.05) is 30.3 Å². The Morgan fingerprint density at radius 3 is 2.91 bits per heavy atom. The van der Waals surface area contributed by atoms with Gasteiger partial charge in [0.2, 0.25) is 11.8 Å². The number of ether oxygens (including phenoxy) is 1. The van der Waals surface area contributed by atoms with Crippen molar-refractivity contribution >= 4 is 5.95 Å². The van der Waals surface area contributed by atoms with E-state index in [1.165, 1.54) is 5.56 Å². The summed E-state index contributed by atoms with van der Waals surface area (Å²) >= 11 is 0. The molecule has 2 aromatic rings. The topological polar surface area (TPSA) is 70.5 Å². The third kappa shape index (κ3) is 4.18. The van der Waals surface area contributed by atoms with E-state index in [2.05, 4.69) is 32.3 Å². The first kappa shape index (κ1) is 15.7. The second-order valence-corrected chi connectivity index (χ2v) is 5.76. The van der Waals surface area contributed by atoms with Gasteiger partial charge < -0.3 is 15.2 Å². The largest absolute Gasteiger partial charge is 0.481 e. The van der Waals surface area contributed by atoms with E-state index in [0.29, 0.717) is 24.9 Å². The number of benzene rings is 1. The molecular weight excluding hydrogens is 292 g/mol. The molecule has 0 unspecified atom stereocenters.